The highest BCUT2D eigenvalue weighted by atomic mass is 16.5. The lowest BCUT2D eigenvalue weighted by atomic mass is 10.0. The fourth-order valence-corrected chi connectivity index (χ4v) is 10.5. The van der Waals surface area contributed by atoms with Gasteiger partial charge in [-0.2, -0.15) is 0 Å². The molecule has 0 spiro atoms. The number of unbranched alkanes of at least 4 members (excludes halogenated alkanes) is 46. The third-order valence-corrected chi connectivity index (χ3v) is 15.7. The van der Waals surface area contributed by atoms with E-state index in [1.165, 1.54) is 276 Å². The molecule has 0 radical (unpaired) electrons. The molecule has 0 rings (SSSR count). The van der Waals surface area contributed by atoms with Gasteiger partial charge in [-0.25, -0.2) is 0 Å². The van der Waals surface area contributed by atoms with E-state index in [0.717, 1.165) is 57.8 Å². The molecule has 6 nitrogen and oxygen atoms in total. The van der Waals surface area contributed by atoms with Crippen LogP contribution in [0.5, 0.6) is 0 Å². The summed E-state index contributed by atoms with van der Waals surface area (Å²) in [5.41, 5.74) is 0. The Bertz CT molecular complexity index is 1210. The molecule has 75 heavy (non-hydrogen) atoms. The molecule has 0 fully saturated rings. The van der Waals surface area contributed by atoms with Gasteiger partial charge in [0, 0.05) is 12.8 Å². The Hall–Kier alpha value is -1.92. The van der Waals surface area contributed by atoms with Crippen molar-refractivity contribution in [2.75, 3.05) is 13.2 Å². The van der Waals surface area contributed by atoms with E-state index in [0.29, 0.717) is 25.9 Å². The molecule has 0 heterocycles. The molecule has 6 heteroatoms. The third-order valence-electron chi connectivity index (χ3n) is 15.7. The lowest BCUT2D eigenvalue weighted by Gasteiger charge is -2.22. The highest BCUT2D eigenvalue weighted by Gasteiger charge is 2.20. The Kier molecular flexibility index (Phi) is 63.0. The number of hydrogen-bond donors (Lipinski definition) is 3. The van der Waals surface area contributed by atoms with Crippen LogP contribution in [0.25, 0.3) is 0 Å². The first-order valence-corrected chi connectivity index (χ1v) is 33.7. The lowest BCUT2D eigenvalue weighted by Crippen LogP contribution is -2.45. The van der Waals surface area contributed by atoms with Crippen molar-refractivity contribution in [1.29, 1.82) is 0 Å². The van der Waals surface area contributed by atoms with Crippen LogP contribution in [-0.2, 0) is 14.3 Å². The summed E-state index contributed by atoms with van der Waals surface area (Å²) in [7, 11) is 0. The van der Waals surface area contributed by atoms with E-state index in [4.69, 9.17) is 4.74 Å². The zero-order valence-corrected chi connectivity index (χ0v) is 50.5. The van der Waals surface area contributed by atoms with E-state index >= 15 is 0 Å². The number of aliphatic hydroxyl groups excluding tert-OH is 2. The summed E-state index contributed by atoms with van der Waals surface area (Å²) in [6.07, 6.45) is 81.7. The number of allylic oxidation sites excluding steroid dienone is 6. The van der Waals surface area contributed by atoms with Gasteiger partial charge in [0.15, 0.2) is 0 Å². The second-order valence-corrected chi connectivity index (χ2v) is 23.1. The maximum atomic E-state index is 12.5. The minimum atomic E-state index is -0.672. The summed E-state index contributed by atoms with van der Waals surface area (Å²) in [6, 6.07) is -0.550. The summed E-state index contributed by atoms with van der Waals surface area (Å²) in [4.78, 5) is 24.6. The first-order valence-electron chi connectivity index (χ1n) is 33.7. The molecule has 0 aromatic carbocycles. The molecule has 0 bridgehead atoms. The van der Waals surface area contributed by atoms with Gasteiger partial charge in [-0.15, -0.1) is 0 Å². The molecule has 2 atom stereocenters. The van der Waals surface area contributed by atoms with E-state index in [1.54, 1.807) is 0 Å². The zero-order valence-electron chi connectivity index (χ0n) is 50.5. The molecule has 0 aromatic rings. The van der Waals surface area contributed by atoms with Gasteiger partial charge >= 0.3 is 5.97 Å². The summed E-state index contributed by atoms with van der Waals surface area (Å²) in [5.74, 6) is -0.0386. The van der Waals surface area contributed by atoms with Crippen molar-refractivity contribution in [1.82, 2.24) is 5.32 Å². The smallest absolute Gasteiger partial charge is 0.305 e. The quantitative estimate of drug-likeness (QED) is 0.0320. The van der Waals surface area contributed by atoms with Crippen LogP contribution < -0.4 is 5.32 Å². The normalized spacial score (nSPS) is 12.7. The molecule has 442 valence electrons. The predicted molar refractivity (Wildman–Crippen MR) is 329 cm³/mol. The third kappa shape index (κ3) is 61.2. The van der Waals surface area contributed by atoms with Crippen molar-refractivity contribution in [2.24, 2.45) is 0 Å². The highest BCUT2D eigenvalue weighted by molar-refractivity contribution is 5.76. The number of ether oxygens (including phenoxy) is 1. The van der Waals surface area contributed by atoms with E-state index in [1.807, 2.05) is 0 Å². The molecule has 0 aliphatic rings. The number of rotatable bonds is 63. The molecule has 0 aliphatic heterocycles. The molecule has 2 unspecified atom stereocenters. The number of amides is 1. The number of carbonyl (C=O) groups is 2. The second kappa shape index (κ2) is 64.6. The van der Waals surface area contributed by atoms with Crippen LogP contribution in [0, 0.1) is 0 Å². The Morgan fingerprint density at radius 2 is 0.667 bits per heavy atom. The largest absolute Gasteiger partial charge is 0.466 e. The number of carbonyl (C=O) groups excluding carboxylic acids is 2. The SMILES string of the molecule is CCCCCCCC/C=C\CCCCCCCCCC(=O)OCCCCCCCCCCC/C=C\C/C=C\CCCCCCCCCC(=O)NC(CO)C(O)CCCCCCCCCCCCCCCCCCCC. The van der Waals surface area contributed by atoms with Gasteiger partial charge in [-0.05, 0) is 83.5 Å². The van der Waals surface area contributed by atoms with Gasteiger partial charge in [-0.1, -0.05) is 307 Å². The standard InChI is InChI=1S/C69H131NO5/c1-3-5-7-9-11-13-15-17-19-21-30-33-37-41-45-49-53-57-61-67(72)66(65-71)70-68(73)62-58-54-50-46-42-38-34-31-27-25-23-22-24-26-28-32-36-40-44-48-52-56-60-64-75-69(74)63-59-55-51-47-43-39-35-29-20-18-16-14-12-10-8-6-4-2/h18,20,22,24-25,27,66-67,71-72H,3-17,19,21,23,26,28-65H2,1-2H3,(H,70,73)/b20-18-,24-22-,27-25-. The average molecular weight is 1050 g/mol. The van der Waals surface area contributed by atoms with Crippen molar-refractivity contribution in [3.8, 4) is 0 Å². The number of nitrogens with one attached hydrogen (secondary N) is 1. The Labute approximate surface area is 468 Å². The summed E-state index contributed by atoms with van der Waals surface area (Å²) in [5, 5.41) is 23.4. The Morgan fingerprint density at radius 1 is 0.373 bits per heavy atom. The Balaban J connectivity index is 3.44. The van der Waals surface area contributed by atoms with Gasteiger partial charge in [0.25, 0.3) is 0 Å². The molecule has 3 N–H and O–H groups in total. The van der Waals surface area contributed by atoms with Gasteiger partial charge in [0.2, 0.25) is 5.91 Å². The van der Waals surface area contributed by atoms with Gasteiger partial charge < -0.3 is 20.3 Å². The minimum absolute atomic E-state index is 0.00418. The monoisotopic (exact) mass is 1050 g/mol. The van der Waals surface area contributed by atoms with Gasteiger partial charge in [0.05, 0.1) is 25.4 Å². The molecule has 0 aromatic heterocycles. The number of esters is 1. The van der Waals surface area contributed by atoms with E-state index < -0.39 is 12.1 Å². The van der Waals surface area contributed by atoms with Gasteiger partial charge in [-0.3, -0.25) is 9.59 Å². The topological polar surface area (TPSA) is 95.9 Å². The van der Waals surface area contributed by atoms with Crippen molar-refractivity contribution in [3.63, 3.8) is 0 Å². The summed E-state index contributed by atoms with van der Waals surface area (Å²) >= 11 is 0. The molecule has 0 saturated carbocycles. The molecule has 0 aliphatic carbocycles. The van der Waals surface area contributed by atoms with Crippen LogP contribution in [0.4, 0.5) is 0 Å². The van der Waals surface area contributed by atoms with Crippen LogP contribution in [0.2, 0.25) is 0 Å². The fourth-order valence-electron chi connectivity index (χ4n) is 10.5. The zero-order chi connectivity index (χ0) is 54.3. The van der Waals surface area contributed by atoms with Crippen LogP contribution in [0.3, 0.4) is 0 Å². The van der Waals surface area contributed by atoms with Crippen LogP contribution in [-0.4, -0.2) is 47.4 Å². The highest BCUT2D eigenvalue weighted by Crippen LogP contribution is 2.18. The van der Waals surface area contributed by atoms with Crippen LogP contribution in [0.15, 0.2) is 36.5 Å². The van der Waals surface area contributed by atoms with Crippen molar-refractivity contribution >= 4 is 11.9 Å². The first kappa shape index (κ1) is 73.1. The molecule has 0 saturated heterocycles. The fraction of sp³-hybridized carbons (Fsp3) is 0.884. The minimum Gasteiger partial charge on any atom is -0.466 e. The van der Waals surface area contributed by atoms with Crippen molar-refractivity contribution in [3.05, 3.63) is 36.5 Å². The van der Waals surface area contributed by atoms with E-state index in [2.05, 4.69) is 55.6 Å². The van der Waals surface area contributed by atoms with Crippen LogP contribution in [0.1, 0.15) is 367 Å². The first-order chi connectivity index (χ1) is 37.0. The van der Waals surface area contributed by atoms with Crippen molar-refractivity contribution < 1.29 is 24.5 Å². The predicted octanol–water partition coefficient (Wildman–Crippen LogP) is 21.5. The van der Waals surface area contributed by atoms with E-state index in [9.17, 15) is 19.8 Å². The maximum absolute atomic E-state index is 12.5. The number of hydrogen-bond acceptors (Lipinski definition) is 5. The lowest BCUT2D eigenvalue weighted by molar-refractivity contribution is -0.143. The van der Waals surface area contributed by atoms with Gasteiger partial charge in [0.1, 0.15) is 0 Å². The average Bonchev–Trinajstić information content (AvgIpc) is 3.41. The summed E-state index contributed by atoms with van der Waals surface area (Å²) in [6.45, 7) is 4.96. The maximum Gasteiger partial charge on any atom is 0.305 e. The number of aliphatic hydroxyl groups is 2. The van der Waals surface area contributed by atoms with Crippen LogP contribution >= 0.6 is 0 Å². The van der Waals surface area contributed by atoms with E-state index in [-0.39, 0.29) is 18.5 Å². The Morgan fingerprint density at radius 3 is 1.03 bits per heavy atom. The summed E-state index contributed by atoms with van der Waals surface area (Å²) < 4.78 is 5.49. The van der Waals surface area contributed by atoms with Crippen molar-refractivity contribution in [2.45, 2.75) is 379 Å². The molecule has 1 amide bonds. The molecular formula is C69H131NO5. The molecular weight excluding hydrogens is 923 g/mol. The second-order valence-electron chi connectivity index (χ2n) is 23.1.